The summed E-state index contributed by atoms with van der Waals surface area (Å²) in [7, 11) is 2.10. The van der Waals surface area contributed by atoms with Crippen LogP contribution in [0.2, 0.25) is 0 Å². The fourth-order valence-corrected chi connectivity index (χ4v) is 1.17. The average molecular weight is 147 g/mol. The van der Waals surface area contributed by atoms with E-state index in [1.165, 1.54) is 12.8 Å². The molecule has 0 bridgehead atoms. The van der Waals surface area contributed by atoms with Gasteiger partial charge < -0.3 is 4.90 Å². The van der Waals surface area contributed by atoms with Gasteiger partial charge in [-0.3, -0.25) is 0 Å². The lowest BCUT2D eigenvalue weighted by molar-refractivity contribution is 0.892. The van der Waals surface area contributed by atoms with Crippen molar-refractivity contribution >= 4 is 5.82 Å². The summed E-state index contributed by atoms with van der Waals surface area (Å²) in [6, 6.07) is 7.55. The average Bonchev–Trinajstić information content (AvgIpc) is 2.87. The second-order valence-electron chi connectivity index (χ2n) is 2.96. The first kappa shape index (κ1) is 6.65. The van der Waals surface area contributed by atoms with Gasteiger partial charge in [0, 0.05) is 25.4 Å². The Morgan fingerprint density at radius 3 is 3.00 bits per heavy atom. The van der Waals surface area contributed by atoms with E-state index in [9.17, 15) is 0 Å². The van der Waals surface area contributed by atoms with E-state index in [1.54, 1.807) is 6.20 Å². The number of pyridine rings is 1. The van der Waals surface area contributed by atoms with E-state index in [4.69, 9.17) is 0 Å². The van der Waals surface area contributed by atoms with E-state index in [1.807, 2.05) is 12.1 Å². The van der Waals surface area contributed by atoms with Crippen molar-refractivity contribution in [2.24, 2.45) is 0 Å². The lowest BCUT2D eigenvalue weighted by Crippen LogP contribution is -2.20. The molecule has 0 aliphatic heterocycles. The van der Waals surface area contributed by atoms with Gasteiger partial charge in [-0.15, -0.1) is 0 Å². The molecule has 0 amide bonds. The predicted octanol–water partition coefficient (Wildman–Crippen LogP) is 1.48. The van der Waals surface area contributed by atoms with Crippen LogP contribution in [0.15, 0.2) is 18.3 Å². The number of hydrogen-bond acceptors (Lipinski definition) is 2. The third kappa shape index (κ3) is 1.34. The highest BCUT2D eigenvalue weighted by Crippen LogP contribution is 2.28. The summed E-state index contributed by atoms with van der Waals surface area (Å²) in [5.74, 6) is 1.06. The molecule has 0 atom stereocenters. The van der Waals surface area contributed by atoms with E-state index in [-0.39, 0.29) is 0 Å². The number of rotatable bonds is 2. The molecule has 2 rings (SSSR count). The first-order valence-corrected chi connectivity index (χ1v) is 3.93. The van der Waals surface area contributed by atoms with Crippen LogP contribution in [0.3, 0.4) is 0 Å². The Hall–Kier alpha value is -1.05. The van der Waals surface area contributed by atoms with Gasteiger partial charge in [0.25, 0.3) is 0 Å². The van der Waals surface area contributed by atoms with E-state index < -0.39 is 0 Å². The summed E-state index contributed by atoms with van der Waals surface area (Å²) in [5.41, 5.74) is 0. The van der Waals surface area contributed by atoms with Crippen LogP contribution in [0.5, 0.6) is 0 Å². The molecule has 1 fully saturated rings. The van der Waals surface area contributed by atoms with Gasteiger partial charge in [0.2, 0.25) is 0 Å². The quantitative estimate of drug-likeness (QED) is 0.630. The second-order valence-corrected chi connectivity index (χ2v) is 2.96. The highest BCUT2D eigenvalue weighted by Gasteiger charge is 2.26. The second kappa shape index (κ2) is 2.53. The Bertz CT molecular complexity index is 229. The van der Waals surface area contributed by atoms with Crippen molar-refractivity contribution in [3.05, 3.63) is 24.4 Å². The maximum atomic E-state index is 4.21. The molecule has 11 heavy (non-hydrogen) atoms. The van der Waals surface area contributed by atoms with Crippen molar-refractivity contribution in [3.63, 3.8) is 0 Å². The maximum Gasteiger partial charge on any atom is 0.128 e. The highest BCUT2D eigenvalue weighted by atomic mass is 15.2. The molecule has 0 spiro atoms. The molecule has 1 radical (unpaired) electrons. The molecule has 2 nitrogen and oxygen atoms in total. The molecule has 0 N–H and O–H groups in total. The van der Waals surface area contributed by atoms with Crippen molar-refractivity contribution in [1.82, 2.24) is 4.98 Å². The summed E-state index contributed by atoms with van der Waals surface area (Å²) < 4.78 is 0. The minimum Gasteiger partial charge on any atom is -0.357 e. The highest BCUT2D eigenvalue weighted by molar-refractivity contribution is 5.39. The topological polar surface area (TPSA) is 16.1 Å². The van der Waals surface area contributed by atoms with Crippen molar-refractivity contribution in [3.8, 4) is 0 Å². The molecule has 1 aliphatic rings. The molecule has 1 heterocycles. The van der Waals surface area contributed by atoms with Crippen LogP contribution in [0.1, 0.15) is 12.8 Å². The number of nitrogens with zero attached hydrogens (tertiary/aromatic N) is 2. The Morgan fingerprint density at radius 1 is 1.64 bits per heavy atom. The molecular weight excluding hydrogens is 136 g/mol. The molecule has 1 aromatic heterocycles. The number of anilines is 1. The molecular formula is C9H11N2. The molecule has 0 saturated heterocycles. The van der Waals surface area contributed by atoms with E-state index in [0.29, 0.717) is 0 Å². The predicted molar refractivity (Wildman–Crippen MR) is 44.5 cm³/mol. The smallest absolute Gasteiger partial charge is 0.128 e. The van der Waals surface area contributed by atoms with Gasteiger partial charge in [-0.25, -0.2) is 4.98 Å². The van der Waals surface area contributed by atoms with E-state index >= 15 is 0 Å². The molecule has 1 aliphatic carbocycles. The first-order valence-electron chi connectivity index (χ1n) is 3.93. The minimum absolute atomic E-state index is 0.741. The Morgan fingerprint density at radius 2 is 2.45 bits per heavy atom. The molecule has 0 aromatic carbocycles. The largest absolute Gasteiger partial charge is 0.357 e. The first-order chi connectivity index (χ1) is 5.38. The summed E-state index contributed by atoms with van der Waals surface area (Å²) in [6.45, 7) is 0. The van der Waals surface area contributed by atoms with Gasteiger partial charge in [0.15, 0.2) is 0 Å². The standard InChI is InChI=1S/C9H11N2/c1-11(8-5-6-8)9-4-2-3-7-10-9/h2,4,7-8H,5-6H2,1H3. The zero-order valence-electron chi connectivity index (χ0n) is 6.62. The van der Waals surface area contributed by atoms with Crippen molar-refractivity contribution < 1.29 is 0 Å². The molecule has 57 valence electrons. The van der Waals surface area contributed by atoms with Crippen LogP contribution >= 0.6 is 0 Å². The molecule has 0 unspecified atom stereocenters. The zero-order chi connectivity index (χ0) is 7.68. The van der Waals surface area contributed by atoms with Crippen LogP contribution < -0.4 is 4.90 Å². The fourth-order valence-electron chi connectivity index (χ4n) is 1.17. The Balaban J connectivity index is 2.15. The minimum atomic E-state index is 0.741. The maximum absolute atomic E-state index is 4.21. The molecule has 2 heteroatoms. The Kier molecular flexibility index (Phi) is 1.53. The zero-order valence-corrected chi connectivity index (χ0v) is 6.62. The summed E-state index contributed by atoms with van der Waals surface area (Å²) in [4.78, 5) is 6.44. The van der Waals surface area contributed by atoms with Crippen molar-refractivity contribution in [1.29, 1.82) is 0 Å². The van der Waals surface area contributed by atoms with Crippen LogP contribution in [0.4, 0.5) is 5.82 Å². The van der Waals surface area contributed by atoms with Crippen molar-refractivity contribution in [2.45, 2.75) is 18.9 Å². The normalized spacial score (nSPS) is 16.5. The molecule has 1 aromatic rings. The monoisotopic (exact) mass is 147 g/mol. The van der Waals surface area contributed by atoms with Gasteiger partial charge in [-0.05, 0) is 25.0 Å². The Labute approximate surface area is 66.9 Å². The van der Waals surface area contributed by atoms with Gasteiger partial charge >= 0.3 is 0 Å². The van der Waals surface area contributed by atoms with Crippen LogP contribution in [-0.4, -0.2) is 18.1 Å². The van der Waals surface area contributed by atoms with Gasteiger partial charge in [-0.1, -0.05) is 0 Å². The summed E-state index contributed by atoms with van der Waals surface area (Å²) in [5, 5.41) is 0. The summed E-state index contributed by atoms with van der Waals surface area (Å²) >= 11 is 0. The SMILES string of the molecule is CN(c1cc[c]cn1)C1CC1. The van der Waals surface area contributed by atoms with Crippen molar-refractivity contribution in [2.75, 3.05) is 11.9 Å². The van der Waals surface area contributed by atoms with E-state index in [2.05, 4.69) is 23.0 Å². The van der Waals surface area contributed by atoms with Crippen LogP contribution in [0, 0.1) is 6.07 Å². The third-order valence-corrected chi connectivity index (χ3v) is 2.06. The number of hydrogen-bond donors (Lipinski definition) is 0. The van der Waals surface area contributed by atoms with Crippen LogP contribution in [-0.2, 0) is 0 Å². The lowest BCUT2D eigenvalue weighted by atomic mass is 10.4. The lowest BCUT2D eigenvalue weighted by Gasteiger charge is -2.16. The number of aromatic nitrogens is 1. The van der Waals surface area contributed by atoms with Crippen LogP contribution in [0.25, 0.3) is 0 Å². The summed E-state index contributed by atoms with van der Waals surface area (Å²) in [6.07, 6.45) is 4.35. The van der Waals surface area contributed by atoms with Gasteiger partial charge in [0.1, 0.15) is 5.82 Å². The third-order valence-electron chi connectivity index (χ3n) is 2.06. The van der Waals surface area contributed by atoms with E-state index in [0.717, 1.165) is 11.9 Å². The molecule has 1 saturated carbocycles. The van der Waals surface area contributed by atoms with Gasteiger partial charge in [-0.2, -0.15) is 0 Å². The van der Waals surface area contributed by atoms with Gasteiger partial charge in [0.05, 0.1) is 0 Å². The fraction of sp³-hybridized carbons (Fsp3) is 0.444.